The fourth-order valence-corrected chi connectivity index (χ4v) is 5.31. The van der Waals surface area contributed by atoms with Gasteiger partial charge in [-0.1, -0.05) is 30.3 Å². The van der Waals surface area contributed by atoms with Gasteiger partial charge in [0.05, 0.1) is 12.2 Å². The van der Waals surface area contributed by atoms with Crippen LogP contribution in [0.5, 0.6) is 0 Å². The molecule has 1 aromatic carbocycles. The number of halogens is 3. The Hall–Kier alpha value is -3.70. The topological polar surface area (TPSA) is 101 Å². The van der Waals surface area contributed by atoms with Crippen LogP contribution < -0.4 is 11.1 Å². The second kappa shape index (κ2) is 9.40. The van der Waals surface area contributed by atoms with Crippen LogP contribution in [0.2, 0.25) is 0 Å². The molecule has 2 amide bonds. The molecule has 1 fully saturated rings. The van der Waals surface area contributed by atoms with E-state index in [-0.39, 0.29) is 32.1 Å². The molecule has 0 unspecified atom stereocenters. The van der Waals surface area contributed by atoms with Crippen molar-refractivity contribution >= 4 is 39.1 Å². The quantitative estimate of drug-likeness (QED) is 0.353. The van der Waals surface area contributed by atoms with Crippen molar-refractivity contribution in [1.29, 1.82) is 0 Å². The smallest absolute Gasteiger partial charge is 0.433 e. The Labute approximate surface area is 207 Å². The molecule has 11 heteroatoms. The summed E-state index contributed by atoms with van der Waals surface area (Å²) in [4.78, 5) is 31.1. The van der Waals surface area contributed by atoms with Crippen molar-refractivity contribution in [2.45, 2.75) is 25.6 Å². The molecule has 1 aliphatic rings. The summed E-state index contributed by atoms with van der Waals surface area (Å²) in [7, 11) is 0. The maximum atomic E-state index is 13.6. The first-order valence-corrected chi connectivity index (χ1v) is 12.0. The van der Waals surface area contributed by atoms with Crippen molar-refractivity contribution in [3.05, 3.63) is 70.6 Å². The van der Waals surface area contributed by atoms with E-state index in [1.807, 2.05) is 0 Å². The lowest BCUT2D eigenvalue weighted by atomic mass is 10.0. The lowest BCUT2D eigenvalue weighted by Crippen LogP contribution is -2.18. The minimum absolute atomic E-state index is 0.00469. The summed E-state index contributed by atoms with van der Waals surface area (Å²) < 4.78 is 46.6. The molecule has 0 spiro atoms. The zero-order chi connectivity index (χ0) is 25.4. The molecule has 4 heterocycles. The summed E-state index contributed by atoms with van der Waals surface area (Å²) >= 11 is 0.697. The first-order valence-electron chi connectivity index (χ1n) is 11.2. The second-order valence-corrected chi connectivity index (χ2v) is 9.47. The lowest BCUT2D eigenvalue weighted by molar-refractivity contribution is -0.140. The summed E-state index contributed by atoms with van der Waals surface area (Å²) in [6.45, 7) is 2.49. The number of furan rings is 1. The molecule has 5 rings (SSSR count). The Morgan fingerprint density at radius 1 is 1.11 bits per heavy atom. The number of nitrogens with zero attached hydrogens (tertiary/aromatic N) is 2. The number of aromatic nitrogens is 1. The molecule has 0 saturated carbocycles. The number of primary amides is 1. The fourth-order valence-electron chi connectivity index (χ4n) is 4.30. The van der Waals surface area contributed by atoms with Gasteiger partial charge in [0.25, 0.3) is 11.8 Å². The third-order valence-corrected chi connectivity index (χ3v) is 7.06. The Bertz CT molecular complexity index is 1440. The highest BCUT2D eigenvalue weighted by Crippen LogP contribution is 2.43. The number of nitrogens with two attached hydrogens (primary N) is 1. The molecule has 0 atom stereocenters. The summed E-state index contributed by atoms with van der Waals surface area (Å²) in [5.41, 5.74) is 5.07. The van der Waals surface area contributed by atoms with Gasteiger partial charge in [0, 0.05) is 5.39 Å². The highest BCUT2D eigenvalue weighted by atomic mass is 32.1. The number of hydrogen-bond donors (Lipinski definition) is 2. The molecule has 1 saturated heterocycles. The Balaban J connectivity index is 1.58. The third kappa shape index (κ3) is 4.71. The zero-order valence-electron chi connectivity index (χ0n) is 18.9. The van der Waals surface area contributed by atoms with Crippen molar-refractivity contribution in [3.8, 4) is 11.1 Å². The lowest BCUT2D eigenvalue weighted by Gasteiger charge is -2.12. The molecule has 0 bridgehead atoms. The number of pyridine rings is 1. The molecular weight excluding hydrogens is 493 g/mol. The van der Waals surface area contributed by atoms with Crippen molar-refractivity contribution in [2.24, 2.45) is 5.73 Å². The van der Waals surface area contributed by atoms with Crippen LogP contribution in [0.4, 0.5) is 18.9 Å². The molecule has 0 aliphatic carbocycles. The highest BCUT2D eigenvalue weighted by molar-refractivity contribution is 7.21. The van der Waals surface area contributed by atoms with E-state index in [9.17, 15) is 22.8 Å². The minimum atomic E-state index is -4.71. The van der Waals surface area contributed by atoms with Gasteiger partial charge in [-0.25, -0.2) is 4.98 Å². The average Bonchev–Trinajstić information content (AvgIpc) is 3.59. The van der Waals surface area contributed by atoms with Gasteiger partial charge in [-0.3, -0.25) is 14.5 Å². The van der Waals surface area contributed by atoms with Gasteiger partial charge in [0.1, 0.15) is 21.2 Å². The fraction of sp³-hybridized carbons (Fsp3) is 0.240. The number of alkyl halides is 3. The van der Waals surface area contributed by atoms with Gasteiger partial charge in [0.15, 0.2) is 5.76 Å². The number of fused-ring (bicyclic) bond motifs is 1. The largest absolute Gasteiger partial charge is 0.455 e. The number of anilines is 1. The van der Waals surface area contributed by atoms with Crippen LogP contribution >= 0.6 is 11.3 Å². The zero-order valence-corrected chi connectivity index (χ0v) is 19.7. The van der Waals surface area contributed by atoms with Crippen molar-refractivity contribution < 1.29 is 27.2 Å². The number of likely N-dealkylation sites (tertiary alicyclic amines) is 1. The Morgan fingerprint density at radius 3 is 2.50 bits per heavy atom. The predicted molar refractivity (Wildman–Crippen MR) is 130 cm³/mol. The van der Waals surface area contributed by atoms with E-state index >= 15 is 0 Å². The highest BCUT2D eigenvalue weighted by Gasteiger charge is 2.35. The molecule has 1 aliphatic heterocycles. The normalized spacial score (nSPS) is 14.4. The van der Waals surface area contributed by atoms with Crippen LogP contribution in [0.15, 0.2) is 52.9 Å². The van der Waals surface area contributed by atoms with Crippen LogP contribution in [0.25, 0.3) is 21.3 Å². The SMILES string of the molecule is NC(=O)c1sc2nc(C(F)(F)F)cc(-c3ccccc3)c2c1NC(=O)c1ccc(CN2CCCC2)o1. The second-order valence-electron chi connectivity index (χ2n) is 8.47. The van der Waals surface area contributed by atoms with Crippen molar-refractivity contribution in [1.82, 2.24) is 9.88 Å². The number of amides is 2. The van der Waals surface area contributed by atoms with Gasteiger partial charge in [-0.2, -0.15) is 13.2 Å². The molecule has 0 radical (unpaired) electrons. The molecule has 4 aromatic rings. The van der Waals surface area contributed by atoms with E-state index < -0.39 is 23.7 Å². The van der Waals surface area contributed by atoms with Crippen LogP contribution in [0.1, 0.15) is 44.5 Å². The minimum Gasteiger partial charge on any atom is -0.455 e. The number of benzene rings is 1. The van der Waals surface area contributed by atoms with Gasteiger partial charge in [-0.15, -0.1) is 11.3 Å². The van der Waals surface area contributed by atoms with Crippen LogP contribution in [0.3, 0.4) is 0 Å². The van der Waals surface area contributed by atoms with E-state index in [0.29, 0.717) is 29.2 Å². The molecular formula is C25H21F3N4O3S. The Morgan fingerprint density at radius 2 is 1.83 bits per heavy atom. The first-order chi connectivity index (χ1) is 17.2. The maximum Gasteiger partial charge on any atom is 0.433 e. The molecule has 36 heavy (non-hydrogen) atoms. The van der Waals surface area contributed by atoms with Crippen LogP contribution in [0, 0.1) is 0 Å². The molecule has 3 N–H and O–H groups in total. The first kappa shape index (κ1) is 24.0. The predicted octanol–water partition coefficient (Wildman–Crippen LogP) is 5.52. The number of hydrogen-bond acceptors (Lipinski definition) is 6. The number of nitrogens with one attached hydrogen (secondary N) is 1. The molecule has 7 nitrogen and oxygen atoms in total. The van der Waals surface area contributed by atoms with E-state index in [4.69, 9.17) is 10.2 Å². The van der Waals surface area contributed by atoms with E-state index in [1.54, 1.807) is 36.4 Å². The number of carbonyl (C=O) groups is 2. The summed E-state index contributed by atoms with van der Waals surface area (Å²) in [6.07, 6.45) is -2.48. The third-order valence-electron chi connectivity index (χ3n) is 5.96. The number of carbonyl (C=O) groups excluding carboxylic acids is 2. The van der Waals surface area contributed by atoms with Gasteiger partial charge in [-0.05, 0) is 55.3 Å². The molecule has 3 aromatic heterocycles. The maximum absolute atomic E-state index is 13.6. The van der Waals surface area contributed by atoms with Gasteiger partial charge in [0.2, 0.25) is 0 Å². The van der Waals surface area contributed by atoms with E-state index in [1.165, 1.54) is 6.07 Å². The average molecular weight is 515 g/mol. The van der Waals surface area contributed by atoms with Crippen molar-refractivity contribution in [3.63, 3.8) is 0 Å². The van der Waals surface area contributed by atoms with E-state index in [0.717, 1.165) is 32.0 Å². The van der Waals surface area contributed by atoms with Crippen molar-refractivity contribution in [2.75, 3.05) is 18.4 Å². The Kier molecular flexibility index (Phi) is 6.27. The standard InChI is InChI=1S/C25H21F3N4O3S/c26-25(27,28)18-12-16(14-6-2-1-3-7-14)19-20(21(22(29)33)36-24(19)30-18)31-23(34)17-9-8-15(35-17)13-32-10-4-5-11-32/h1-3,6-9,12H,4-5,10-11,13H2,(H2,29,33)(H,31,34). The van der Waals surface area contributed by atoms with Crippen LogP contribution in [-0.2, 0) is 12.7 Å². The number of rotatable bonds is 6. The summed E-state index contributed by atoms with van der Waals surface area (Å²) in [6, 6.07) is 12.5. The molecule has 186 valence electrons. The van der Waals surface area contributed by atoms with Crippen LogP contribution in [-0.4, -0.2) is 34.8 Å². The van der Waals surface area contributed by atoms with Gasteiger partial charge < -0.3 is 15.5 Å². The van der Waals surface area contributed by atoms with Gasteiger partial charge >= 0.3 is 6.18 Å². The monoisotopic (exact) mass is 514 g/mol. The summed E-state index contributed by atoms with van der Waals surface area (Å²) in [5, 5.41) is 2.85. The van der Waals surface area contributed by atoms with E-state index in [2.05, 4.69) is 15.2 Å². The summed E-state index contributed by atoms with van der Waals surface area (Å²) in [5.74, 6) is -0.910. The number of thiophene rings is 1.